The molecule has 1 saturated heterocycles. The van der Waals surface area contributed by atoms with Gasteiger partial charge in [-0.3, -0.25) is 4.79 Å². The Morgan fingerprint density at radius 3 is 2.44 bits per heavy atom. The van der Waals surface area contributed by atoms with Crippen LogP contribution in [0.4, 0.5) is 5.95 Å². The van der Waals surface area contributed by atoms with Gasteiger partial charge in [-0.2, -0.15) is 4.98 Å². The Hall–Kier alpha value is -4.07. The second-order valence-corrected chi connectivity index (χ2v) is 7.60. The van der Waals surface area contributed by atoms with E-state index in [-0.39, 0.29) is 5.91 Å². The quantitative estimate of drug-likeness (QED) is 0.494. The van der Waals surface area contributed by atoms with Gasteiger partial charge in [0, 0.05) is 56.0 Å². The lowest BCUT2D eigenvalue weighted by Crippen LogP contribution is -2.49. The minimum absolute atomic E-state index is 0.00864. The summed E-state index contributed by atoms with van der Waals surface area (Å²) in [5.41, 5.74) is 3.32. The SMILES string of the molecule is Cc1nc(-c2cccc(C(=O)N3CCN(c4nccc(-c5ccccc5)n4)CC3)c2)no1. The molecule has 4 aromatic rings. The van der Waals surface area contributed by atoms with E-state index in [1.807, 2.05) is 65.6 Å². The summed E-state index contributed by atoms with van der Waals surface area (Å²) < 4.78 is 5.05. The third-order valence-electron chi connectivity index (χ3n) is 5.46. The van der Waals surface area contributed by atoms with Gasteiger partial charge < -0.3 is 14.3 Å². The first-order chi connectivity index (χ1) is 15.7. The minimum atomic E-state index is -0.00864. The second-order valence-electron chi connectivity index (χ2n) is 7.60. The maximum atomic E-state index is 13.1. The van der Waals surface area contributed by atoms with E-state index in [1.54, 1.807) is 13.1 Å². The molecule has 0 spiro atoms. The molecule has 0 atom stereocenters. The lowest BCUT2D eigenvalue weighted by molar-refractivity contribution is 0.0746. The summed E-state index contributed by atoms with van der Waals surface area (Å²) in [5, 5.41) is 3.94. The van der Waals surface area contributed by atoms with Crippen LogP contribution in [0.1, 0.15) is 16.2 Å². The zero-order valence-electron chi connectivity index (χ0n) is 17.7. The average Bonchev–Trinajstić information content (AvgIpc) is 3.31. The number of rotatable bonds is 4. The predicted molar refractivity (Wildman–Crippen MR) is 120 cm³/mol. The number of amides is 1. The Balaban J connectivity index is 1.27. The van der Waals surface area contributed by atoms with Gasteiger partial charge in [0.15, 0.2) is 0 Å². The fourth-order valence-corrected chi connectivity index (χ4v) is 3.77. The fourth-order valence-electron chi connectivity index (χ4n) is 3.77. The number of piperazine rings is 1. The molecule has 160 valence electrons. The van der Waals surface area contributed by atoms with Crippen LogP contribution in [0.2, 0.25) is 0 Å². The molecule has 32 heavy (non-hydrogen) atoms. The summed E-state index contributed by atoms with van der Waals surface area (Å²) in [7, 11) is 0. The van der Waals surface area contributed by atoms with Crippen LogP contribution < -0.4 is 4.90 Å². The highest BCUT2D eigenvalue weighted by Gasteiger charge is 2.24. The largest absolute Gasteiger partial charge is 0.339 e. The van der Waals surface area contributed by atoms with Crippen molar-refractivity contribution in [2.24, 2.45) is 0 Å². The molecule has 3 heterocycles. The minimum Gasteiger partial charge on any atom is -0.339 e. The highest BCUT2D eigenvalue weighted by molar-refractivity contribution is 5.95. The van der Waals surface area contributed by atoms with Crippen molar-refractivity contribution in [3.63, 3.8) is 0 Å². The molecule has 0 radical (unpaired) electrons. The van der Waals surface area contributed by atoms with Crippen molar-refractivity contribution in [1.29, 1.82) is 0 Å². The van der Waals surface area contributed by atoms with E-state index in [1.165, 1.54) is 0 Å². The first-order valence-electron chi connectivity index (χ1n) is 10.5. The molecular weight excluding hydrogens is 404 g/mol. The second kappa shape index (κ2) is 8.58. The number of aryl methyl sites for hydroxylation is 1. The summed E-state index contributed by atoms with van der Waals surface area (Å²) in [4.78, 5) is 30.5. The molecule has 0 unspecified atom stereocenters. The Bertz CT molecular complexity index is 1230. The first kappa shape index (κ1) is 19.9. The van der Waals surface area contributed by atoms with Gasteiger partial charge >= 0.3 is 0 Å². The van der Waals surface area contributed by atoms with Crippen LogP contribution in [-0.2, 0) is 0 Å². The number of anilines is 1. The van der Waals surface area contributed by atoms with Crippen molar-refractivity contribution in [1.82, 2.24) is 25.0 Å². The number of hydrogen-bond acceptors (Lipinski definition) is 7. The van der Waals surface area contributed by atoms with E-state index in [2.05, 4.69) is 20.0 Å². The van der Waals surface area contributed by atoms with E-state index in [4.69, 9.17) is 9.51 Å². The van der Waals surface area contributed by atoms with Gasteiger partial charge in [-0.15, -0.1) is 0 Å². The lowest BCUT2D eigenvalue weighted by atomic mass is 10.1. The normalized spacial score (nSPS) is 13.9. The molecule has 0 bridgehead atoms. The zero-order chi connectivity index (χ0) is 21.9. The average molecular weight is 426 g/mol. The number of aromatic nitrogens is 4. The molecule has 8 heteroatoms. The third-order valence-corrected chi connectivity index (χ3v) is 5.46. The highest BCUT2D eigenvalue weighted by Crippen LogP contribution is 2.21. The Kier molecular flexibility index (Phi) is 5.33. The third kappa shape index (κ3) is 4.07. The molecule has 0 saturated carbocycles. The smallest absolute Gasteiger partial charge is 0.253 e. The molecule has 0 aliphatic carbocycles. The molecule has 8 nitrogen and oxygen atoms in total. The van der Waals surface area contributed by atoms with Gasteiger partial charge in [-0.05, 0) is 18.2 Å². The molecule has 1 fully saturated rings. The van der Waals surface area contributed by atoms with E-state index in [9.17, 15) is 4.79 Å². The monoisotopic (exact) mass is 426 g/mol. The molecule has 1 aliphatic heterocycles. The van der Waals surface area contributed by atoms with E-state index in [0.29, 0.717) is 49.4 Å². The van der Waals surface area contributed by atoms with Crippen LogP contribution in [0.5, 0.6) is 0 Å². The fraction of sp³-hybridized carbons (Fsp3) is 0.208. The topological polar surface area (TPSA) is 88.3 Å². The summed E-state index contributed by atoms with van der Waals surface area (Å²) in [6.07, 6.45) is 1.79. The van der Waals surface area contributed by atoms with Crippen molar-refractivity contribution in [2.75, 3.05) is 31.1 Å². The van der Waals surface area contributed by atoms with Crippen LogP contribution in [-0.4, -0.2) is 57.1 Å². The Labute approximate surface area is 185 Å². The van der Waals surface area contributed by atoms with Gasteiger partial charge in [-0.25, -0.2) is 9.97 Å². The Morgan fingerprint density at radius 2 is 1.69 bits per heavy atom. The van der Waals surface area contributed by atoms with Crippen molar-refractivity contribution in [3.8, 4) is 22.6 Å². The molecule has 2 aromatic carbocycles. The van der Waals surface area contributed by atoms with E-state index >= 15 is 0 Å². The number of carbonyl (C=O) groups is 1. The van der Waals surface area contributed by atoms with Gasteiger partial charge in [0.25, 0.3) is 5.91 Å². The van der Waals surface area contributed by atoms with Gasteiger partial charge in [0.2, 0.25) is 17.7 Å². The number of nitrogens with zero attached hydrogens (tertiary/aromatic N) is 6. The summed E-state index contributed by atoms with van der Waals surface area (Å²) in [6.45, 7) is 4.29. The number of carbonyl (C=O) groups excluding carboxylic acids is 1. The van der Waals surface area contributed by atoms with Crippen LogP contribution in [0, 0.1) is 6.92 Å². The lowest BCUT2D eigenvalue weighted by Gasteiger charge is -2.34. The zero-order valence-corrected chi connectivity index (χ0v) is 17.7. The van der Waals surface area contributed by atoms with E-state index in [0.717, 1.165) is 16.8 Å². The maximum Gasteiger partial charge on any atom is 0.253 e. The summed E-state index contributed by atoms with van der Waals surface area (Å²) in [6, 6.07) is 19.3. The van der Waals surface area contributed by atoms with Gasteiger partial charge in [0.05, 0.1) is 5.69 Å². The number of benzene rings is 2. The van der Waals surface area contributed by atoms with Crippen molar-refractivity contribution >= 4 is 11.9 Å². The van der Waals surface area contributed by atoms with Crippen LogP contribution in [0.3, 0.4) is 0 Å². The predicted octanol–water partition coefficient (Wildman–Crippen LogP) is 3.46. The van der Waals surface area contributed by atoms with Crippen LogP contribution in [0.15, 0.2) is 71.4 Å². The standard InChI is InChI=1S/C24H22N6O2/c1-17-26-22(28-32-17)19-8-5-9-20(16-19)23(31)29-12-14-30(15-13-29)24-25-11-10-21(27-24)18-6-3-2-4-7-18/h2-11,16H,12-15H2,1H3. The van der Waals surface area contributed by atoms with Crippen LogP contribution >= 0.6 is 0 Å². The molecule has 1 aliphatic rings. The van der Waals surface area contributed by atoms with Crippen molar-refractivity contribution in [2.45, 2.75) is 6.92 Å². The summed E-state index contributed by atoms with van der Waals surface area (Å²) >= 11 is 0. The molecular formula is C24H22N6O2. The van der Waals surface area contributed by atoms with Gasteiger partial charge in [0.1, 0.15) is 0 Å². The van der Waals surface area contributed by atoms with Crippen LogP contribution in [0.25, 0.3) is 22.6 Å². The first-order valence-corrected chi connectivity index (χ1v) is 10.5. The van der Waals surface area contributed by atoms with Crippen molar-refractivity contribution in [3.05, 3.63) is 78.3 Å². The van der Waals surface area contributed by atoms with E-state index < -0.39 is 0 Å². The summed E-state index contributed by atoms with van der Waals surface area (Å²) in [5.74, 6) is 1.66. The highest BCUT2D eigenvalue weighted by atomic mass is 16.5. The number of hydrogen-bond donors (Lipinski definition) is 0. The maximum absolute atomic E-state index is 13.1. The molecule has 5 rings (SSSR count). The molecule has 1 amide bonds. The molecule has 2 aromatic heterocycles. The van der Waals surface area contributed by atoms with Crippen molar-refractivity contribution < 1.29 is 9.32 Å². The Morgan fingerprint density at radius 1 is 0.906 bits per heavy atom. The van der Waals surface area contributed by atoms with Gasteiger partial charge in [-0.1, -0.05) is 47.6 Å². The molecule has 0 N–H and O–H groups in total.